The van der Waals surface area contributed by atoms with E-state index in [-0.39, 0.29) is 17.7 Å². The minimum absolute atomic E-state index is 0.0700. The first-order chi connectivity index (χ1) is 12.6. The third-order valence-corrected chi connectivity index (χ3v) is 4.59. The first-order valence-electron chi connectivity index (χ1n) is 8.93. The van der Waals surface area contributed by atoms with E-state index < -0.39 is 0 Å². The highest BCUT2D eigenvalue weighted by Gasteiger charge is 2.21. The molecule has 2 aromatic rings. The number of furan rings is 1. The van der Waals surface area contributed by atoms with Crippen molar-refractivity contribution in [1.82, 2.24) is 5.43 Å². The third-order valence-electron chi connectivity index (χ3n) is 4.59. The van der Waals surface area contributed by atoms with Crippen LogP contribution < -0.4 is 10.7 Å². The molecule has 2 N–H and O–H groups in total. The molecule has 1 heterocycles. The monoisotopic (exact) mass is 353 g/mol. The predicted molar refractivity (Wildman–Crippen MR) is 100 cm³/mol. The van der Waals surface area contributed by atoms with Gasteiger partial charge in [0.1, 0.15) is 11.5 Å². The molecule has 0 radical (unpaired) electrons. The highest BCUT2D eigenvalue weighted by Crippen LogP contribution is 2.25. The van der Waals surface area contributed by atoms with Crippen LogP contribution in [0.4, 0.5) is 5.69 Å². The van der Waals surface area contributed by atoms with Crippen LogP contribution in [-0.4, -0.2) is 17.5 Å². The lowest BCUT2D eigenvalue weighted by atomic mass is 9.88. The van der Waals surface area contributed by atoms with Crippen LogP contribution in [0.2, 0.25) is 0 Å². The normalized spacial score (nSPS) is 15.5. The maximum absolute atomic E-state index is 12.3. The van der Waals surface area contributed by atoms with Crippen molar-refractivity contribution in [3.63, 3.8) is 0 Å². The molecule has 3 rings (SSSR count). The fourth-order valence-electron chi connectivity index (χ4n) is 3.05. The fraction of sp³-hybridized carbons (Fsp3) is 0.350. The van der Waals surface area contributed by atoms with Crippen LogP contribution in [0, 0.1) is 5.92 Å². The lowest BCUT2D eigenvalue weighted by molar-refractivity contribution is -0.120. The number of rotatable bonds is 5. The molecule has 0 unspecified atom stereocenters. The van der Waals surface area contributed by atoms with Crippen LogP contribution in [0.3, 0.4) is 0 Å². The predicted octanol–water partition coefficient (Wildman–Crippen LogP) is 3.95. The van der Waals surface area contributed by atoms with E-state index in [9.17, 15) is 9.59 Å². The molecular formula is C20H23N3O3. The van der Waals surface area contributed by atoms with Crippen molar-refractivity contribution in [2.75, 3.05) is 5.32 Å². The zero-order chi connectivity index (χ0) is 18.4. The van der Waals surface area contributed by atoms with E-state index in [0.717, 1.165) is 25.7 Å². The van der Waals surface area contributed by atoms with Gasteiger partial charge < -0.3 is 9.73 Å². The van der Waals surface area contributed by atoms with Crippen LogP contribution in [0.5, 0.6) is 0 Å². The highest BCUT2D eigenvalue weighted by atomic mass is 16.3. The second-order valence-corrected chi connectivity index (χ2v) is 6.52. The molecule has 0 bridgehead atoms. The molecule has 136 valence electrons. The number of hydrogen-bond donors (Lipinski definition) is 2. The third kappa shape index (κ3) is 4.59. The van der Waals surface area contributed by atoms with E-state index >= 15 is 0 Å². The number of hydrazone groups is 1. The van der Waals surface area contributed by atoms with Crippen molar-refractivity contribution < 1.29 is 14.0 Å². The van der Waals surface area contributed by atoms with E-state index in [1.54, 1.807) is 49.6 Å². The standard InChI is InChI=1S/C20H23N3O3/c1-14(18-8-5-13-26-18)22-23-20(25)16-9-11-17(12-10-16)21-19(24)15-6-3-2-4-7-15/h5,8-13,15H,2-4,6-7H2,1H3,(H,21,24)(H,23,25)/b22-14+. The number of hydrogen-bond acceptors (Lipinski definition) is 4. The Morgan fingerprint density at radius 1 is 1.08 bits per heavy atom. The molecule has 0 spiro atoms. The molecule has 0 saturated heterocycles. The molecule has 1 saturated carbocycles. The lowest BCUT2D eigenvalue weighted by Gasteiger charge is -2.20. The molecular weight excluding hydrogens is 330 g/mol. The Bertz CT molecular complexity index is 773. The van der Waals surface area contributed by atoms with Crippen molar-refractivity contribution in [2.24, 2.45) is 11.0 Å². The second kappa shape index (κ2) is 8.47. The van der Waals surface area contributed by atoms with E-state index in [0.29, 0.717) is 22.7 Å². The van der Waals surface area contributed by atoms with Gasteiger partial charge in [0.25, 0.3) is 5.91 Å². The average molecular weight is 353 g/mol. The Balaban J connectivity index is 1.55. The topological polar surface area (TPSA) is 83.7 Å². The average Bonchev–Trinajstić information content (AvgIpc) is 3.22. The van der Waals surface area contributed by atoms with Gasteiger partial charge in [0.15, 0.2) is 0 Å². The molecule has 2 amide bonds. The Morgan fingerprint density at radius 3 is 2.46 bits per heavy atom. The van der Waals surface area contributed by atoms with Crippen LogP contribution >= 0.6 is 0 Å². The largest absolute Gasteiger partial charge is 0.463 e. The fourth-order valence-corrected chi connectivity index (χ4v) is 3.05. The summed E-state index contributed by atoms with van der Waals surface area (Å²) in [5, 5.41) is 6.96. The molecule has 1 fully saturated rings. The maximum atomic E-state index is 12.3. The summed E-state index contributed by atoms with van der Waals surface area (Å²) < 4.78 is 5.21. The molecule has 6 heteroatoms. The molecule has 1 aliphatic carbocycles. The summed E-state index contributed by atoms with van der Waals surface area (Å²) in [5.41, 5.74) is 4.25. The van der Waals surface area contributed by atoms with Gasteiger partial charge in [-0.05, 0) is 56.2 Å². The lowest BCUT2D eigenvalue weighted by Crippen LogP contribution is -2.24. The van der Waals surface area contributed by atoms with Crippen LogP contribution in [-0.2, 0) is 4.79 Å². The summed E-state index contributed by atoms with van der Waals surface area (Å²) in [7, 11) is 0. The van der Waals surface area contributed by atoms with Crippen LogP contribution in [0.15, 0.2) is 52.2 Å². The number of nitrogens with zero attached hydrogens (tertiary/aromatic N) is 1. The molecule has 26 heavy (non-hydrogen) atoms. The van der Waals surface area contributed by atoms with Crippen molar-refractivity contribution in [2.45, 2.75) is 39.0 Å². The van der Waals surface area contributed by atoms with Gasteiger partial charge in [-0.1, -0.05) is 19.3 Å². The SMILES string of the molecule is C/C(=N\NC(=O)c1ccc(NC(=O)C2CCCCC2)cc1)c1ccco1. The summed E-state index contributed by atoms with van der Waals surface area (Å²) >= 11 is 0. The van der Waals surface area contributed by atoms with E-state index in [2.05, 4.69) is 15.8 Å². The summed E-state index contributed by atoms with van der Waals surface area (Å²) in [6.07, 6.45) is 6.93. The number of anilines is 1. The smallest absolute Gasteiger partial charge is 0.271 e. The van der Waals surface area contributed by atoms with E-state index in [1.165, 1.54) is 6.42 Å². The minimum Gasteiger partial charge on any atom is -0.463 e. The molecule has 0 aliphatic heterocycles. The van der Waals surface area contributed by atoms with Crippen molar-refractivity contribution in [3.8, 4) is 0 Å². The van der Waals surface area contributed by atoms with Gasteiger partial charge in [-0.2, -0.15) is 5.10 Å². The number of nitrogens with one attached hydrogen (secondary N) is 2. The number of carbonyl (C=O) groups excluding carboxylic acids is 2. The van der Waals surface area contributed by atoms with Gasteiger partial charge in [-0.15, -0.1) is 0 Å². The number of benzene rings is 1. The Hall–Kier alpha value is -2.89. The Morgan fingerprint density at radius 2 is 1.81 bits per heavy atom. The zero-order valence-corrected chi connectivity index (χ0v) is 14.8. The van der Waals surface area contributed by atoms with E-state index in [4.69, 9.17) is 4.42 Å². The van der Waals surface area contributed by atoms with Crippen molar-refractivity contribution in [1.29, 1.82) is 0 Å². The highest BCUT2D eigenvalue weighted by molar-refractivity contribution is 5.99. The maximum Gasteiger partial charge on any atom is 0.271 e. The molecule has 6 nitrogen and oxygen atoms in total. The second-order valence-electron chi connectivity index (χ2n) is 6.52. The Kier molecular flexibility index (Phi) is 5.84. The molecule has 0 atom stereocenters. The summed E-state index contributed by atoms with van der Waals surface area (Å²) in [6.45, 7) is 1.75. The molecule has 1 aromatic heterocycles. The van der Waals surface area contributed by atoms with Gasteiger partial charge in [0.2, 0.25) is 5.91 Å². The van der Waals surface area contributed by atoms with Gasteiger partial charge in [-0.25, -0.2) is 5.43 Å². The van der Waals surface area contributed by atoms with Crippen LogP contribution in [0.1, 0.15) is 55.1 Å². The zero-order valence-electron chi connectivity index (χ0n) is 14.8. The quantitative estimate of drug-likeness (QED) is 0.630. The summed E-state index contributed by atoms with van der Waals surface area (Å²) in [6, 6.07) is 10.3. The van der Waals surface area contributed by atoms with Crippen LogP contribution in [0.25, 0.3) is 0 Å². The van der Waals surface area contributed by atoms with Gasteiger partial charge in [0.05, 0.1) is 6.26 Å². The molecule has 1 aromatic carbocycles. The van der Waals surface area contributed by atoms with Gasteiger partial charge >= 0.3 is 0 Å². The van der Waals surface area contributed by atoms with Crippen molar-refractivity contribution >= 4 is 23.2 Å². The van der Waals surface area contributed by atoms with Crippen molar-refractivity contribution in [3.05, 3.63) is 54.0 Å². The molecule has 1 aliphatic rings. The van der Waals surface area contributed by atoms with Gasteiger partial charge in [0, 0.05) is 17.2 Å². The summed E-state index contributed by atoms with van der Waals surface area (Å²) in [4.78, 5) is 24.4. The van der Waals surface area contributed by atoms with E-state index in [1.807, 2.05) is 0 Å². The first-order valence-corrected chi connectivity index (χ1v) is 8.93. The Labute approximate surface area is 152 Å². The summed E-state index contributed by atoms with van der Waals surface area (Å²) in [5.74, 6) is 0.457. The number of amides is 2. The first kappa shape index (κ1) is 17.9. The number of carbonyl (C=O) groups is 2. The van der Waals surface area contributed by atoms with Gasteiger partial charge in [-0.3, -0.25) is 9.59 Å². The minimum atomic E-state index is -0.318.